The highest BCUT2D eigenvalue weighted by molar-refractivity contribution is 7.26. The number of para-hydroxylation sites is 2. The lowest BCUT2D eigenvalue weighted by Gasteiger charge is -2.17. The Bertz CT molecular complexity index is 2760. The van der Waals surface area contributed by atoms with Crippen molar-refractivity contribution in [1.82, 2.24) is 4.98 Å². The van der Waals surface area contributed by atoms with E-state index in [2.05, 4.69) is 128 Å². The number of furan rings is 1. The van der Waals surface area contributed by atoms with E-state index in [9.17, 15) is 0 Å². The summed E-state index contributed by atoms with van der Waals surface area (Å²) >= 11 is 1.86. The van der Waals surface area contributed by atoms with E-state index in [1.54, 1.807) is 0 Å². The SMILES string of the molecule is C1=NC(c2cccc3c2sc2ccccc23)=CCC1c1ccc2ccc(-c3ccc(-c4cccc5c4oc4ccccc45)nc3)cc2c1. The Morgan fingerprint density at radius 2 is 1.42 bits per heavy atom. The lowest BCUT2D eigenvalue weighted by atomic mass is 9.91. The van der Waals surface area contributed by atoms with E-state index in [1.807, 2.05) is 35.7 Å². The molecule has 0 aliphatic carbocycles. The van der Waals surface area contributed by atoms with Crippen LogP contribution in [0.5, 0.6) is 0 Å². The highest BCUT2D eigenvalue weighted by Gasteiger charge is 2.18. The van der Waals surface area contributed by atoms with Crippen LogP contribution in [0.3, 0.4) is 0 Å². The predicted octanol–water partition coefficient (Wildman–Crippen LogP) is 12.4. The predicted molar refractivity (Wildman–Crippen MR) is 203 cm³/mol. The second kappa shape index (κ2) is 10.9. The van der Waals surface area contributed by atoms with Gasteiger partial charge in [-0.2, -0.15) is 0 Å². The average molecular weight is 633 g/mol. The Morgan fingerprint density at radius 1 is 0.625 bits per heavy atom. The van der Waals surface area contributed by atoms with Gasteiger partial charge in [0.25, 0.3) is 0 Å². The summed E-state index contributed by atoms with van der Waals surface area (Å²) in [5.74, 6) is 0.241. The van der Waals surface area contributed by atoms with Crippen LogP contribution in [0.1, 0.15) is 23.5 Å². The molecule has 1 aliphatic rings. The molecular weight excluding hydrogens is 605 g/mol. The van der Waals surface area contributed by atoms with Gasteiger partial charge in [0.15, 0.2) is 0 Å². The standard InChI is InChI=1S/C44H28N2OS/c1-3-13-41-33(7-1)35-9-5-11-37(43(35)47-41)39-21-19-30(25-45-39)28-17-15-27-16-18-29(24-32(27)23-28)31-20-22-40(46-26-31)38-12-6-10-36-34-8-2-4-14-42(34)48-44(36)38/h1-19,21-26,31H,20H2. The molecular formula is C44H28N2OS. The average Bonchev–Trinajstić information content (AvgIpc) is 3.73. The molecule has 1 atom stereocenters. The quantitative estimate of drug-likeness (QED) is 0.194. The summed E-state index contributed by atoms with van der Waals surface area (Å²) < 4.78 is 8.90. The van der Waals surface area contributed by atoms with Gasteiger partial charge in [0, 0.05) is 66.0 Å². The maximum Gasteiger partial charge on any atom is 0.144 e. The van der Waals surface area contributed by atoms with Crippen LogP contribution >= 0.6 is 11.3 Å². The summed E-state index contributed by atoms with van der Waals surface area (Å²) in [6.45, 7) is 0. The molecule has 10 rings (SSSR count). The number of thiophene rings is 1. The van der Waals surface area contributed by atoms with Gasteiger partial charge in [-0.25, -0.2) is 0 Å². The fraction of sp³-hybridized carbons (Fsp3) is 0.0455. The van der Waals surface area contributed by atoms with E-state index < -0.39 is 0 Å². The van der Waals surface area contributed by atoms with Gasteiger partial charge in [-0.3, -0.25) is 9.98 Å². The lowest BCUT2D eigenvalue weighted by molar-refractivity contribution is 0.670. The topological polar surface area (TPSA) is 38.4 Å². The molecule has 1 unspecified atom stereocenters. The van der Waals surface area contributed by atoms with Crippen molar-refractivity contribution in [1.29, 1.82) is 0 Å². The van der Waals surface area contributed by atoms with Crippen molar-refractivity contribution in [3.8, 4) is 22.4 Å². The van der Waals surface area contributed by atoms with Gasteiger partial charge in [-0.1, -0.05) is 109 Å². The largest absolute Gasteiger partial charge is 0.455 e. The zero-order chi connectivity index (χ0) is 31.6. The molecule has 0 amide bonds. The number of fused-ring (bicyclic) bond motifs is 7. The number of aromatic nitrogens is 1. The summed E-state index contributed by atoms with van der Waals surface area (Å²) in [5, 5.41) is 7.32. The zero-order valence-corrected chi connectivity index (χ0v) is 26.7. The van der Waals surface area contributed by atoms with E-state index >= 15 is 0 Å². The first kappa shape index (κ1) is 27.3. The summed E-state index contributed by atoms with van der Waals surface area (Å²) in [6.07, 6.45) is 7.34. The Morgan fingerprint density at radius 3 is 2.29 bits per heavy atom. The van der Waals surface area contributed by atoms with Crippen molar-refractivity contribution in [2.24, 2.45) is 4.99 Å². The normalized spacial score (nSPS) is 14.8. The molecule has 48 heavy (non-hydrogen) atoms. The van der Waals surface area contributed by atoms with Crippen LogP contribution < -0.4 is 0 Å². The smallest absolute Gasteiger partial charge is 0.144 e. The van der Waals surface area contributed by atoms with Gasteiger partial charge in [-0.05, 0) is 58.7 Å². The van der Waals surface area contributed by atoms with Gasteiger partial charge in [0.05, 0.1) is 11.4 Å². The zero-order valence-electron chi connectivity index (χ0n) is 25.9. The van der Waals surface area contributed by atoms with Crippen molar-refractivity contribution < 1.29 is 4.42 Å². The summed E-state index contributed by atoms with van der Waals surface area (Å²) in [7, 11) is 0. The maximum atomic E-state index is 6.27. The minimum Gasteiger partial charge on any atom is -0.455 e. The van der Waals surface area contributed by atoms with Crippen LogP contribution in [-0.4, -0.2) is 11.2 Å². The van der Waals surface area contributed by atoms with Crippen molar-refractivity contribution >= 4 is 76.1 Å². The number of rotatable bonds is 4. The Labute approximate surface area is 281 Å². The molecule has 3 nitrogen and oxygen atoms in total. The van der Waals surface area contributed by atoms with E-state index in [4.69, 9.17) is 14.4 Å². The Hall–Kier alpha value is -5.84. The van der Waals surface area contributed by atoms with Crippen molar-refractivity contribution in [3.63, 3.8) is 0 Å². The Kier molecular flexibility index (Phi) is 6.18. The van der Waals surface area contributed by atoms with Crippen LogP contribution in [0, 0.1) is 0 Å². The van der Waals surface area contributed by atoms with E-state index in [-0.39, 0.29) is 5.92 Å². The molecule has 0 bridgehead atoms. The number of hydrogen-bond acceptors (Lipinski definition) is 4. The number of hydrogen-bond donors (Lipinski definition) is 0. The molecule has 1 aliphatic heterocycles. The molecule has 0 fully saturated rings. The van der Waals surface area contributed by atoms with Gasteiger partial charge in [-0.15, -0.1) is 11.3 Å². The van der Waals surface area contributed by atoms with Crippen LogP contribution in [0.4, 0.5) is 0 Å². The summed E-state index contributed by atoms with van der Waals surface area (Å²) in [6, 6.07) is 47.4. The second-order valence-corrected chi connectivity index (χ2v) is 13.6. The van der Waals surface area contributed by atoms with Crippen molar-refractivity contribution in [3.05, 3.63) is 157 Å². The van der Waals surface area contributed by atoms with Gasteiger partial charge < -0.3 is 4.42 Å². The number of aliphatic imine (C=N–C) groups is 1. The molecule has 0 N–H and O–H groups in total. The molecule has 0 saturated carbocycles. The summed E-state index contributed by atoms with van der Waals surface area (Å²) in [4.78, 5) is 9.91. The molecule has 0 saturated heterocycles. The first-order valence-electron chi connectivity index (χ1n) is 16.3. The van der Waals surface area contributed by atoms with Gasteiger partial charge in [0.2, 0.25) is 0 Å². The van der Waals surface area contributed by atoms with E-state index in [0.29, 0.717) is 0 Å². The summed E-state index contributed by atoms with van der Waals surface area (Å²) in [5.41, 5.74) is 9.49. The second-order valence-electron chi connectivity index (χ2n) is 12.5. The fourth-order valence-corrected chi connectivity index (χ4v) is 8.45. The third-order valence-corrected chi connectivity index (χ3v) is 10.9. The van der Waals surface area contributed by atoms with Crippen LogP contribution in [-0.2, 0) is 0 Å². The molecule has 6 aromatic carbocycles. The van der Waals surface area contributed by atoms with E-state index in [1.165, 1.54) is 42.1 Å². The third kappa shape index (κ3) is 4.41. The van der Waals surface area contributed by atoms with Crippen molar-refractivity contribution in [2.45, 2.75) is 12.3 Å². The monoisotopic (exact) mass is 632 g/mol. The lowest BCUT2D eigenvalue weighted by Crippen LogP contribution is -2.04. The van der Waals surface area contributed by atoms with Crippen LogP contribution in [0.15, 0.2) is 155 Å². The minimum atomic E-state index is 0.241. The van der Waals surface area contributed by atoms with Crippen LogP contribution in [0.2, 0.25) is 0 Å². The fourth-order valence-electron chi connectivity index (χ4n) is 7.22. The van der Waals surface area contributed by atoms with Gasteiger partial charge >= 0.3 is 0 Å². The third-order valence-electron chi connectivity index (χ3n) is 9.71. The molecule has 4 heterocycles. The maximum absolute atomic E-state index is 6.27. The molecule has 226 valence electrons. The number of nitrogens with zero attached hydrogens (tertiary/aromatic N) is 2. The number of benzene rings is 6. The van der Waals surface area contributed by atoms with Crippen LogP contribution in [0.25, 0.3) is 81.0 Å². The van der Waals surface area contributed by atoms with E-state index in [0.717, 1.165) is 56.4 Å². The van der Waals surface area contributed by atoms with Crippen molar-refractivity contribution in [2.75, 3.05) is 0 Å². The number of allylic oxidation sites excluding steroid dienone is 1. The van der Waals surface area contributed by atoms with Gasteiger partial charge in [0.1, 0.15) is 11.2 Å². The molecule has 0 radical (unpaired) electrons. The first-order chi connectivity index (χ1) is 23.8. The Balaban J connectivity index is 0.931. The minimum absolute atomic E-state index is 0.241. The number of pyridine rings is 1. The highest BCUT2D eigenvalue weighted by atomic mass is 32.1. The highest BCUT2D eigenvalue weighted by Crippen LogP contribution is 2.40. The molecule has 0 spiro atoms. The molecule has 4 heteroatoms. The molecule has 9 aromatic rings. The first-order valence-corrected chi connectivity index (χ1v) is 17.1. The molecule has 3 aromatic heterocycles.